The molecule has 0 N–H and O–H groups in total. The highest BCUT2D eigenvalue weighted by Crippen LogP contribution is 2.29. The van der Waals surface area contributed by atoms with Gasteiger partial charge in [-0.05, 0) is 35.9 Å². The van der Waals surface area contributed by atoms with Gasteiger partial charge in [0.25, 0.3) is 15.9 Å². The zero-order valence-corrected chi connectivity index (χ0v) is 21.8. The molecule has 0 atom stereocenters. The second kappa shape index (κ2) is 10.7. The van der Waals surface area contributed by atoms with E-state index in [0.29, 0.717) is 31.7 Å². The third-order valence-electron chi connectivity index (χ3n) is 6.56. The third kappa shape index (κ3) is 5.26. The van der Waals surface area contributed by atoms with Crippen LogP contribution < -0.4 is 9.21 Å². The number of rotatable bonds is 7. The van der Waals surface area contributed by atoms with Crippen LogP contribution in [0.3, 0.4) is 0 Å². The minimum absolute atomic E-state index is 0.0919. The van der Waals surface area contributed by atoms with Crippen molar-refractivity contribution in [3.05, 3.63) is 108 Å². The summed E-state index contributed by atoms with van der Waals surface area (Å²) < 4.78 is 45.1. The molecule has 0 saturated carbocycles. The number of hydrogen-bond acceptors (Lipinski definition) is 5. The van der Waals surface area contributed by atoms with Gasteiger partial charge in [0, 0.05) is 50.7 Å². The number of anilines is 2. The van der Waals surface area contributed by atoms with Crippen molar-refractivity contribution in [1.82, 2.24) is 14.5 Å². The van der Waals surface area contributed by atoms with E-state index in [0.717, 1.165) is 16.1 Å². The lowest BCUT2D eigenvalue weighted by Crippen LogP contribution is -2.48. The number of imidazole rings is 1. The first kappa shape index (κ1) is 25.5. The Bertz CT molecular complexity index is 1520. The van der Waals surface area contributed by atoms with E-state index in [2.05, 4.69) is 9.88 Å². The van der Waals surface area contributed by atoms with Gasteiger partial charge in [0.1, 0.15) is 5.82 Å². The molecule has 1 amide bonds. The molecule has 8 nitrogen and oxygen atoms in total. The van der Waals surface area contributed by atoms with Gasteiger partial charge in [-0.15, -0.1) is 0 Å². The summed E-state index contributed by atoms with van der Waals surface area (Å²) in [6.45, 7) is 2.26. The number of aryl methyl sites for hydroxylation is 1. The number of benzene rings is 3. The molecule has 0 bridgehead atoms. The Labute approximate surface area is 221 Å². The Morgan fingerprint density at radius 1 is 0.947 bits per heavy atom. The number of hydrogen-bond donors (Lipinski definition) is 0. The third-order valence-corrected chi connectivity index (χ3v) is 8.20. The summed E-state index contributed by atoms with van der Waals surface area (Å²) in [5.74, 6) is -1.08. The highest BCUT2D eigenvalue weighted by Gasteiger charge is 2.30. The van der Waals surface area contributed by atoms with E-state index in [-0.39, 0.29) is 28.7 Å². The zero-order chi connectivity index (χ0) is 26.7. The summed E-state index contributed by atoms with van der Waals surface area (Å²) in [4.78, 5) is 21.1. The van der Waals surface area contributed by atoms with Gasteiger partial charge in [-0.3, -0.25) is 9.10 Å². The second-order valence-electron chi connectivity index (χ2n) is 9.16. The molecule has 0 aliphatic carbocycles. The van der Waals surface area contributed by atoms with Gasteiger partial charge in [0.05, 0.1) is 18.6 Å². The molecule has 2 heterocycles. The molecular formula is C28H28FN5O3S. The monoisotopic (exact) mass is 533 g/mol. The van der Waals surface area contributed by atoms with Crippen molar-refractivity contribution in [3.8, 4) is 0 Å². The number of halogens is 1. The average molecular weight is 534 g/mol. The number of para-hydroxylation sites is 1. The van der Waals surface area contributed by atoms with Crippen molar-refractivity contribution in [2.75, 3.05) is 35.4 Å². The second-order valence-corrected chi connectivity index (χ2v) is 11.0. The van der Waals surface area contributed by atoms with Crippen LogP contribution >= 0.6 is 0 Å². The van der Waals surface area contributed by atoms with Gasteiger partial charge in [0.15, 0.2) is 5.03 Å². The number of carbonyl (C=O) groups is 1. The molecule has 196 valence electrons. The fourth-order valence-corrected chi connectivity index (χ4v) is 5.95. The fourth-order valence-electron chi connectivity index (χ4n) is 4.52. The van der Waals surface area contributed by atoms with E-state index in [1.54, 1.807) is 36.2 Å². The maximum Gasteiger partial charge on any atom is 0.283 e. The molecule has 1 saturated heterocycles. The fraction of sp³-hybridized carbons (Fsp3) is 0.214. The largest absolute Gasteiger partial charge is 0.368 e. The Morgan fingerprint density at radius 3 is 2.21 bits per heavy atom. The molecule has 1 aliphatic rings. The Kier molecular flexibility index (Phi) is 7.15. The van der Waals surface area contributed by atoms with Gasteiger partial charge in [-0.25, -0.2) is 9.37 Å². The van der Waals surface area contributed by atoms with Crippen molar-refractivity contribution in [2.24, 2.45) is 7.05 Å². The Balaban J connectivity index is 1.39. The highest BCUT2D eigenvalue weighted by molar-refractivity contribution is 7.92. The summed E-state index contributed by atoms with van der Waals surface area (Å²) in [6.07, 6.45) is 2.75. The predicted octanol–water partition coefficient (Wildman–Crippen LogP) is 3.92. The van der Waals surface area contributed by atoms with Crippen LogP contribution in [0.5, 0.6) is 0 Å². The number of sulfonamides is 1. The molecule has 38 heavy (non-hydrogen) atoms. The number of amides is 1. The summed E-state index contributed by atoms with van der Waals surface area (Å²) >= 11 is 0. The van der Waals surface area contributed by atoms with Crippen molar-refractivity contribution >= 4 is 27.3 Å². The normalized spacial score (nSPS) is 13.9. The molecule has 0 radical (unpaired) electrons. The summed E-state index contributed by atoms with van der Waals surface area (Å²) in [7, 11) is -2.52. The van der Waals surface area contributed by atoms with Gasteiger partial charge in [-0.2, -0.15) is 8.42 Å². The highest BCUT2D eigenvalue weighted by atomic mass is 32.2. The summed E-state index contributed by atoms with van der Waals surface area (Å²) in [6, 6.07) is 22.9. The molecular weight excluding hydrogens is 505 g/mol. The van der Waals surface area contributed by atoms with Gasteiger partial charge >= 0.3 is 0 Å². The minimum Gasteiger partial charge on any atom is -0.368 e. The van der Waals surface area contributed by atoms with Crippen LogP contribution in [0.4, 0.5) is 15.8 Å². The Morgan fingerprint density at radius 2 is 1.61 bits per heavy atom. The number of carbonyl (C=O) groups excluding carboxylic acids is 1. The van der Waals surface area contributed by atoms with E-state index in [4.69, 9.17) is 0 Å². The SMILES string of the molecule is Cn1cnc(S(=O)(=O)N(Cc2ccccc2)c2ccc(C(=O)N3CCN(c4ccccc4)CC3)cc2F)c1. The molecule has 4 aromatic rings. The van der Waals surface area contributed by atoms with Gasteiger partial charge < -0.3 is 14.4 Å². The number of piperazine rings is 1. The van der Waals surface area contributed by atoms with Crippen molar-refractivity contribution < 1.29 is 17.6 Å². The topological polar surface area (TPSA) is 78.8 Å². The average Bonchev–Trinajstić information content (AvgIpc) is 3.40. The molecule has 1 aliphatic heterocycles. The lowest BCUT2D eigenvalue weighted by molar-refractivity contribution is 0.0746. The summed E-state index contributed by atoms with van der Waals surface area (Å²) in [5.41, 5.74) is 1.81. The molecule has 3 aromatic carbocycles. The van der Waals surface area contributed by atoms with Gasteiger partial charge in [0.2, 0.25) is 0 Å². The molecule has 10 heteroatoms. The van der Waals surface area contributed by atoms with Crippen LogP contribution in [0, 0.1) is 5.82 Å². The first-order valence-corrected chi connectivity index (χ1v) is 13.7. The number of nitrogens with zero attached hydrogens (tertiary/aromatic N) is 5. The maximum absolute atomic E-state index is 15.6. The lowest BCUT2D eigenvalue weighted by Gasteiger charge is -2.36. The van der Waals surface area contributed by atoms with Crippen LogP contribution in [0.15, 0.2) is 96.4 Å². The zero-order valence-electron chi connectivity index (χ0n) is 20.9. The smallest absolute Gasteiger partial charge is 0.283 e. The molecule has 0 spiro atoms. The van der Waals surface area contributed by atoms with Crippen molar-refractivity contribution in [2.45, 2.75) is 11.6 Å². The predicted molar refractivity (Wildman–Crippen MR) is 144 cm³/mol. The first-order valence-electron chi connectivity index (χ1n) is 12.3. The first-order chi connectivity index (χ1) is 18.3. The molecule has 0 unspecified atom stereocenters. The van der Waals surface area contributed by atoms with E-state index in [1.807, 2.05) is 36.4 Å². The number of aromatic nitrogens is 2. The molecule has 5 rings (SSSR count). The van der Waals surface area contributed by atoms with Crippen LogP contribution in [0.25, 0.3) is 0 Å². The van der Waals surface area contributed by atoms with Crippen LogP contribution in [-0.2, 0) is 23.6 Å². The van der Waals surface area contributed by atoms with E-state index in [1.165, 1.54) is 29.2 Å². The van der Waals surface area contributed by atoms with Crippen molar-refractivity contribution in [3.63, 3.8) is 0 Å². The van der Waals surface area contributed by atoms with E-state index < -0.39 is 15.8 Å². The Hall–Kier alpha value is -4.18. The quantitative estimate of drug-likeness (QED) is 0.360. The van der Waals surface area contributed by atoms with Crippen LogP contribution in [-0.4, -0.2) is 55.0 Å². The molecule has 1 fully saturated rings. The van der Waals surface area contributed by atoms with Gasteiger partial charge in [-0.1, -0.05) is 48.5 Å². The van der Waals surface area contributed by atoms with Crippen LogP contribution in [0.1, 0.15) is 15.9 Å². The minimum atomic E-state index is -4.18. The van der Waals surface area contributed by atoms with Crippen molar-refractivity contribution in [1.29, 1.82) is 0 Å². The molecule has 1 aromatic heterocycles. The maximum atomic E-state index is 15.6. The lowest BCUT2D eigenvalue weighted by atomic mass is 10.1. The summed E-state index contributed by atoms with van der Waals surface area (Å²) in [5, 5.41) is -0.188. The van der Waals surface area contributed by atoms with E-state index in [9.17, 15) is 13.2 Å². The standard InChI is InChI=1S/C28H28FN5O3S/c1-31-20-27(30-21-31)38(36,37)34(19-22-8-4-2-5-9-22)26-13-12-23(18-25(26)29)28(35)33-16-14-32(15-17-33)24-10-6-3-7-11-24/h2-13,18,20-21H,14-17,19H2,1H3. The van der Waals surface area contributed by atoms with E-state index >= 15 is 4.39 Å². The van der Waals surface area contributed by atoms with Crippen LogP contribution in [0.2, 0.25) is 0 Å².